The molecule has 8 nitrogen and oxygen atoms in total. The van der Waals surface area contributed by atoms with Crippen LogP contribution in [-0.2, 0) is 25.7 Å². The SMILES string of the molecule is CCOCCOCCOc1c(Cl)cc(OCc2ccccc2C(=NOC)C(=O)NC)cc1Cl. The Kier molecular flexibility index (Phi) is 11.8. The molecule has 2 aromatic rings. The van der Waals surface area contributed by atoms with E-state index in [-0.39, 0.29) is 18.2 Å². The topological polar surface area (TPSA) is 87.6 Å². The van der Waals surface area contributed by atoms with Crippen molar-refractivity contribution in [2.75, 3.05) is 47.2 Å². The Morgan fingerprint density at radius 3 is 2.33 bits per heavy atom. The number of rotatable bonds is 14. The number of carbonyl (C=O) groups excluding carboxylic acids is 1. The minimum Gasteiger partial charge on any atom is -0.489 e. The van der Waals surface area contributed by atoms with E-state index in [1.165, 1.54) is 14.2 Å². The molecule has 2 aromatic carbocycles. The Hall–Kier alpha value is -2.52. The Balaban J connectivity index is 2.03. The van der Waals surface area contributed by atoms with Gasteiger partial charge in [-0.1, -0.05) is 52.6 Å². The third kappa shape index (κ3) is 8.40. The summed E-state index contributed by atoms with van der Waals surface area (Å²) in [6.45, 7) is 4.43. The zero-order valence-electron chi connectivity index (χ0n) is 18.9. The maximum Gasteiger partial charge on any atom is 0.273 e. The van der Waals surface area contributed by atoms with Gasteiger partial charge in [0.2, 0.25) is 0 Å². The smallest absolute Gasteiger partial charge is 0.273 e. The molecular weight excluding hydrogens is 471 g/mol. The maximum absolute atomic E-state index is 12.2. The van der Waals surface area contributed by atoms with Gasteiger partial charge in [0.05, 0.1) is 29.9 Å². The van der Waals surface area contributed by atoms with E-state index >= 15 is 0 Å². The van der Waals surface area contributed by atoms with Gasteiger partial charge in [0.15, 0.2) is 11.5 Å². The summed E-state index contributed by atoms with van der Waals surface area (Å²) in [7, 11) is 2.90. The van der Waals surface area contributed by atoms with Crippen LogP contribution in [0, 0.1) is 0 Å². The average molecular weight is 499 g/mol. The average Bonchev–Trinajstić information content (AvgIpc) is 2.82. The molecule has 10 heteroatoms. The van der Waals surface area contributed by atoms with Crippen molar-refractivity contribution in [3.05, 3.63) is 57.6 Å². The third-order valence-electron chi connectivity index (χ3n) is 4.31. The van der Waals surface area contributed by atoms with Crippen LogP contribution in [0.4, 0.5) is 0 Å². The number of nitrogens with zero attached hydrogens (tertiary/aromatic N) is 1. The number of likely N-dealkylation sites (N-methyl/N-ethyl adjacent to an activating group) is 1. The highest BCUT2D eigenvalue weighted by Gasteiger charge is 2.18. The Morgan fingerprint density at radius 1 is 1.00 bits per heavy atom. The third-order valence-corrected chi connectivity index (χ3v) is 4.88. The van der Waals surface area contributed by atoms with Crippen molar-refractivity contribution in [2.45, 2.75) is 13.5 Å². The highest BCUT2D eigenvalue weighted by atomic mass is 35.5. The van der Waals surface area contributed by atoms with E-state index in [9.17, 15) is 4.79 Å². The zero-order valence-corrected chi connectivity index (χ0v) is 20.4. The van der Waals surface area contributed by atoms with Gasteiger partial charge in [0.25, 0.3) is 5.91 Å². The molecule has 0 fully saturated rings. The fourth-order valence-electron chi connectivity index (χ4n) is 2.79. The number of amides is 1. The van der Waals surface area contributed by atoms with Crippen molar-refractivity contribution in [2.24, 2.45) is 5.16 Å². The predicted octanol–water partition coefficient (Wildman–Crippen LogP) is 4.10. The lowest BCUT2D eigenvalue weighted by Crippen LogP contribution is -2.29. The van der Waals surface area contributed by atoms with Crippen molar-refractivity contribution < 1.29 is 28.6 Å². The Morgan fingerprint density at radius 2 is 1.67 bits per heavy atom. The summed E-state index contributed by atoms with van der Waals surface area (Å²) in [4.78, 5) is 17.0. The summed E-state index contributed by atoms with van der Waals surface area (Å²) in [5.41, 5.74) is 1.45. The van der Waals surface area contributed by atoms with Crippen LogP contribution < -0.4 is 14.8 Å². The molecule has 0 aromatic heterocycles. The molecule has 0 radical (unpaired) electrons. The molecule has 0 spiro atoms. The lowest BCUT2D eigenvalue weighted by molar-refractivity contribution is -0.114. The van der Waals surface area contributed by atoms with Crippen molar-refractivity contribution in [1.29, 1.82) is 0 Å². The summed E-state index contributed by atoms with van der Waals surface area (Å²) in [5, 5.41) is 7.02. The second kappa shape index (κ2) is 14.6. The van der Waals surface area contributed by atoms with Gasteiger partial charge in [-0.25, -0.2) is 0 Å². The first-order valence-corrected chi connectivity index (χ1v) is 11.1. The largest absolute Gasteiger partial charge is 0.489 e. The summed E-state index contributed by atoms with van der Waals surface area (Å²) in [6, 6.07) is 10.5. The molecule has 0 unspecified atom stereocenters. The Labute approximate surface area is 203 Å². The van der Waals surface area contributed by atoms with E-state index in [4.69, 9.17) is 47.0 Å². The maximum atomic E-state index is 12.2. The summed E-state index contributed by atoms with van der Waals surface area (Å²) in [6.07, 6.45) is 0. The van der Waals surface area contributed by atoms with Gasteiger partial charge in [-0.15, -0.1) is 0 Å². The molecule has 0 saturated heterocycles. The van der Waals surface area contributed by atoms with E-state index in [1.807, 2.05) is 19.1 Å². The first-order chi connectivity index (χ1) is 16.0. The quantitative estimate of drug-likeness (QED) is 0.239. The molecule has 0 heterocycles. The molecule has 0 atom stereocenters. The van der Waals surface area contributed by atoms with Gasteiger partial charge < -0.3 is 29.1 Å². The highest BCUT2D eigenvalue weighted by Crippen LogP contribution is 2.37. The van der Waals surface area contributed by atoms with Crippen molar-refractivity contribution in [3.63, 3.8) is 0 Å². The minimum absolute atomic E-state index is 0.141. The monoisotopic (exact) mass is 498 g/mol. The fourth-order valence-corrected chi connectivity index (χ4v) is 3.36. The molecular formula is C23H28Cl2N2O6. The van der Waals surface area contributed by atoms with Gasteiger partial charge in [-0.05, 0) is 12.5 Å². The van der Waals surface area contributed by atoms with Gasteiger partial charge in [0.1, 0.15) is 26.1 Å². The number of hydrogen-bond acceptors (Lipinski definition) is 7. The highest BCUT2D eigenvalue weighted by molar-refractivity contribution is 6.45. The van der Waals surface area contributed by atoms with Crippen LogP contribution >= 0.6 is 23.2 Å². The molecule has 0 saturated carbocycles. The van der Waals surface area contributed by atoms with Crippen molar-refractivity contribution >= 4 is 34.8 Å². The number of ether oxygens (including phenoxy) is 4. The number of hydrogen-bond donors (Lipinski definition) is 1. The zero-order chi connectivity index (χ0) is 24.1. The molecule has 0 bridgehead atoms. The van der Waals surface area contributed by atoms with E-state index in [0.29, 0.717) is 60.1 Å². The Bertz CT molecular complexity index is 916. The molecule has 0 aliphatic rings. The second-order valence-electron chi connectivity index (χ2n) is 6.52. The number of halogens is 2. The molecule has 180 valence electrons. The lowest BCUT2D eigenvalue weighted by Gasteiger charge is -2.14. The van der Waals surface area contributed by atoms with Gasteiger partial charge in [-0.3, -0.25) is 4.79 Å². The molecule has 1 amide bonds. The second-order valence-corrected chi connectivity index (χ2v) is 7.34. The molecule has 2 rings (SSSR count). The first kappa shape index (κ1) is 26.7. The van der Waals surface area contributed by atoms with Crippen LogP contribution in [0.25, 0.3) is 0 Å². The van der Waals surface area contributed by atoms with E-state index < -0.39 is 0 Å². The minimum atomic E-state index is -0.376. The number of benzene rings is 2. The van der Waals surface area contributed by atoms with Crippen molar-refractivity contribution in [3.8, 4) is 11.5 Å². The van der Waals surface area contributed by atoms with Crippen LogP contribution in [0.5, 0.6) is 11.5 Å². The van der Waals surface area contributed by atoms with Crippen LogP contribution in [0.3, 0.4) is 0 Å². The number of nitrogens with one attached hydrogen (secondary N) is 1. The summed E-state index contributed by atoms with van der Waals surface area (Å²) < 4.78 is 22.1. The summed E-state index contributed by atoms with van der Waals surface area (Å²) in [5.74, 6) is 0.428. The number of carbonyl (C=O) groups is 1. The predicted molar refractivity (Wildman–Crippen MR) is 128 cm³/mol. The van der Waals surface area contributed by atoms with Gasteiger partial charge >= 0.3 is 0 Å². The molecule has 0 aliphatic heterocycles. The first-order valence-electron chi connectivity index (χ1n) is 10.3. The lowest BCUT2D eigenvalue weighted by atomic mass is 10.0. The van der Waals surface area contributed by atoms with Crippen LogP contribution in [0.2, 0.25) is 10.0 Å². The standard InChI is InChI=1S/C23H28Cl2N2O6/c1-4-30-9-10-31-11-12-32-22-19(24)13-17(14-20(22)25)33-15-16-7-5-6-8-18(16)21(27-29-3)23(28)26-2/h5-8,13-14H,4,9-12,15H2,1-3H3,(H,26,28). The van der Waals surface area contributed by atoms with Crippen molar-refractivity contribution in [1.82, 2.24) is 5.32 Å². The molecule has 1 N–H and O–H groups in total. The van der Waals surface area contributed by atoms with E-state index in [0.717, 1.165) is 5.56 Å². The van der Waals surface area contributed by atoms with Gasteiger partial charge in [-0.2, -0.15) is 0 Å². The van der Waals surface area contributed by atoms with Gasteiger partial charge in [0, 0.05) is 31.4 Å². The number of oxime groups is 1. The van der Waals surface area contributed by atoms with Crippen LogP contribution in [0.15, 0.2) is 41.6 Å². The van der Waals surface area contributed by atoms with E-state index in [1.54, 1.807) is 24.3 Å². The fraction of sp³-hybridized carbons (Fsp3) is 0.391. The van der Waals surface area contributed by atoms with Crippen LogP contribution in [-0.4, -0.2) is 58.8 Å². The molecule has 0 aliphatic carbocycles. The normalized spacial score (nSPS) is 11.2. The van der Waals surface area contributed by atoms with E-state index in [2.05, 4.69) is 10.5 Å². The van der Waals surface area contributed by atoms with Crippen LogP contribution in [0.1, 0.15) is 18.1 Å². The summed E-state index contributed by atoms with van der Waals surface area (Å²) >= 11 is 12.7. The molecule has 33 heavy (non-hydrogen) atoms.